The van der Waals surface area contributed by atoms with Gasteiger partial charge in [0.05, 0.1) is 10.9 Å². The fourth-order valence-corrected chi connectivity index (χ4v) is 3.54. The lowest BCUT2D eigenvalue weighted by Gasteiger charge is -2.26. The molecule has 1 aliphatic carbocycles. The Hall–Kier alpha value is -1.09. The quantitative estimate of drug-likeness (QED) is 0.724. The van der Waals surface area contributed by atoms with E-state index in [0.29, 0.717) is 5.52 Å². The molecule has 1 aliphatic rings. The van der Waals surface area contributed by atoms with Gasteiger partial charge in [-0.3, -0.25) is 0 Å². The first-order chi connectivity index (χ1) is 9.50. The lowest BCUT2D eigenvalue weighted by atomic mass is 9.88. The second kappa shape index (κ2) is 5.03. The van der Waals surface area contributed by atoms with Crippen LogP contribution in [-0.2, 0) is 6.54 Å². The summed E-state index contributed by atoms with van der Waals surface area (Å²) in [5, 5.41) is -0.216. The maximum Gasteiger partial charge on any atom is 0.151 e. The van der Waals surface area contributed by atoms with E-state index in [-0.39, 0.29) is 16.6 Å². The number of hydrogen-bond acceptors (Lipinski definition) is 1. The highest BCUT2D eigenvalue weighted by Gasteiger charge is 2.31. The summed E-state index contributed by atoms with van der Waals surface area (Å²) >= 11 is 6.26. The van der Waals surface area contributed by atoms with Crippen molar-refractivity contribution in [3.05, 3.63) is 29.8 Å². The molecule has 1 saturated carbocycles. The van der Waals surface area contributed by atoms with Gasteiger partial charge in [0.2, 0.25) is 0 Å². The van der Waals surface area contributed by atoms with Crippen molar-refractivity contribution in [1.82, 2.24) is 9.55 Å². The summed E-state index contributed by atoms with van der Waals surface area (Å²) < 4.78 is 16.1. The van der Waals surface area contributed by atoms with Crippen molar-refractivity contribution < 1.29 is 4.39 Å². The van der Waals surface area contributed by atoms with Gasteiger partial charge in [-0.25, -0.2) is 9.37 Å². The van der Waals surface area contributed by atoms with Crippen molar-refractivity contribution in [3.63, 3.8) is 0 Å². The van der Waals surface area contributed by atoms with E-state index < -0.39 is 0 Å². The number of fused-ring (bicyclic) bond motifs is 1. The zero-order chi connectivity index (χ0) is 14.3. The van der Waals surface area contributed by atoms with E-state index in [9.17, 15) is 4.39 Å². The zero-order valence-corrected chi connectivity index (χ0v) is 12.8. The van der Waals surface area contributed by atoms with Crippen LogP contribution < -0.4 is 0 Å². The summed E-state index contributed by atoms with van der Waals surface area (Å²) in [4.78, 5) is 4.44. The number of para-hydroxylation sites is 1. The molecule has 1 fully saturated rings. The fraction of sp³-hybridized carbons (Fsp3) is 0.562. The average Bonchev–Trinajstić information content (AvgIpc) is 2.96. The van der Waals surface area contributed by atoms with Crippen LogP contribution in [0.4, 0.5) is 4.39 Å². The average molecular weight is 295 g/mol. The van der Waals surface area contributed by atoms with Gasteiger partial charge in [-0.1, -0.05) is 25.8 Å². The molecule has 3 rings (SSSR count). The molecule has 0 radical (unpaired) electrons. The Kier molecular flexibility index (Phi) is 3.49. The molecule has 0 N–H and O–H groups in total. The number of aromatic nitrogens is 2. The molecule has 2 aromatic rings. The van der Waals surface area contributed by atoms with E-state index in [1.807, 2.05) is 13.0 Å². The Balaban J connectivity index is 2.12. The zero-order valence-electron chi connectivity index (χ0n) is 12.0. The molecule has 0 spiro atoms. The normalized spacial score (nSPS) is 19.6. The number of halogens is 2. The number of rotatable bonds is 3. The van der Waals surface area contributed by atoms with Crippen molar-refractivity contribution in [3.8, 4) is 0 Å². The van der Waals surface area contributed by atoms with E-state index >= 15 is 0 Å². The molecule has 0 aliphatic heterocycles. The van der Waals surface area contributed by atoms with E-state index in [4.69, 9.17) is 11.6 Å². The van der Waals surface area contributed by atoms with Crippen molar-refractivity contribution in [1.29, 1.82) is 0 Å². The Labute approximate surface area is 123 Å². The first kappa shape index (κ1) is 13.9. The SMILES string of the molecule is CC(Cl)c1nc2c(F)cccc2n1CC1(C)CCCC1. The maximum absolute atomic E-state index is 13.9. The molecular weight excluding hydrogens is 275 g/mol. The molecule has 1 atom stereocenters. The highest BCUT2D eigenvalue weighted by molar-refractivity contribution is 6.20. The standard InChI is InChI=1S/C16H20ClFN2/c1-11(17)15-19-14-12(18)6-5-7-13(14)20(15)10-16(2)8-3-4-9-16/h5-7,11H,3-4,8-10H2,1-2H3. The minimum absolute atomic E-state index is 0.216. The molecule has 1 aromatic carbocycles. The lowest BCUT2D eigenvalue weighted by molar-refractivity contribution is 0.281. The maximum atomic E-state index is 13.9. The van der Waals surface area contributed by atoms with E-state index in [2.05, 4.69) is 16.5 Å². The van der Waals surface area contributed by atoms with Crippen LogP contribution in [0, 0.1) is 11.2 Å². The van der Waals surface area contributed by atoms with E-state index in [1.54, 1.807) is 6.07 Å². The Morgan fingerprint density at radius 3 is 2.75 bits per heavy atom. The first-order valence-corrected chi connectivity index (χ1v) is 7.72. The predicted molar refractivity (Wildman–Crippen MR) is 80.5 cm³/mol. The van der Waals surface area contributed by atoms with Crippen LogP contribution in [0.25, 0.3) is 11.0 Å². The molecule has 2 nitrogen and oxygen atoms in total. The smallest absolute Gasteiger partial charge is 0.151 e. The molecule has 108 valence electrons. The summed E-state index contributed by atoms with van der Waals surface area (Å²) in [7, 11) is 0. The van der Waals surface area contributed by atoms with Gasteiger partial charge >= 0.3 is 0 Å². The highest BCUT2D eigenvalue weighted by Crippen LogP contribution is 2.40. The van der Waals surface area contributed by atoms with E-state index in [1.165, 1.54) is 31.7 Å². The van der Waals surface area contributed by atoms with Crippen LogP contribution >= 0.6 is 11.6 Å². The van der Waals surface area contributed by atoms with Gasteiger partial charge < -0.3 is 4.57 Å². The van der Waals surface area contributed by atoms with Gasteiger partial charge in [-0.2, -0.15) is 0 Å². The molecule has 0 bridgehead atoms. The summed E-state index contributed by atoms with van der Waals surface area (Å²) in [6, 6.07) is 5.14. The topological polar surface area (TPSA) is 17.8 Å². The molecule has 0 saturated heterocycles. The number of alkyl halides is 1. The molecule has 4 heteroatoms. The highest BCUT2D eigenvalue weighted by atomic mass is 35.5. The monoisotopic (exact) mass is 294 g/mol. The van der Waals surface area contributed by atoms with Gasteiger partial charge in [0, 0.05) is 6.54 Å². The van der Waals surface area contributed by atoms with Gasteiger partial charge in [-0.15, -0.1) is 11.6 Å². The second-order valence-electron chi connectivity index (χ2n) is 6.30. The number of hydrogen-bond donors (Lipinski definition) is 0. The number of imidazole rings is 1. The number of benzene rings is 1. The van der Waals surface area contributed by atoms with Crippen LogP contribution in [0.2, 0.25) is 0 Å². The molecule has 1 unspecified atom stereocenters. The van der Waals surface area contributed by atoms with E-state index in [0.717, 1.165) is 17.9 Å². The van der Waals surface area contributed by atoms with Crippen LogP contribution in [0.1, 0.15) is 50.7 Å². The summed E-state index contributed by atoms with van der Waals surface area (Å²) in [6.45, 7) is 5.08. The summed E-state index contributed by atoms with van der Waals surface area (Å²) in [6.07, 6.45) is 5.00. The third kappa shape index (κ3) is 2.32. The number of nitrogens with zero attached hydrogens (tertiary/aromatic N) is 2. The Bertz CT molecular complexity index is 627. The Morgan fingerprint density at radius 1 is 1.40 bits per heavy atom. The molecule has 1 heterocycles. The first-order valence-electron chi connectivity index (χ1n) is 7.29. The van der Waals surface area contributed by atoms with Crippen LogP contribution in [0.5, 0.6) is 0 Å². The lowest BCUT2D eigenvalue weighted by Crippen LogP contribution is -2.21. The molecule has 20 heavy (non-hydrogen) atoms. The summed E-state index contributed by atoms with van der Waals surface area (Å²) in [5.74, 6) is 0.510. The largest absolute Gasteiger partial charge is 0.326 e. The van der Waals surface area contributed by atoms with Crippen molar-refractivity contribution in [2.45, 2.75) is 51.5 Å². The minimum Gasteiger partial charge on any atom is -0.326 e. The third-order valence-corrected chi connectivity index (χ3v) is 4.66. The minimum atomic E-state index is -0.267. The van der Waals surface area contributed by atoms with Gasteiger partial charge in [0.1, 0.15) is 11.3 Å². The van der Waals surface area contributed by atoms with Crippen molar-refractivity contribution in [2.24, 2.45) is 5.41 Å². The van der Waals surface area contributed by atoms with Gasteiger partial charge in [0.15, 0.2) is 5.82 Å². The van der Waals surface area contributed by atoms with Crippen molar-refractivity contribution >= 4 is 22.6 Å². The summed E-state index contributed by atoms with van der Waals surface area (Å²) in [5.41, 5.74) is 1.58. The third-order valence-electron chi connectivity index (χ3n) is 4.47. The van der Waals surface area contributed by atoms with Crippen molar-refractivity contribution in [2.75, 3.05) is 0 Å². The van der Waals surface area contributed by atoms with Crippen LogP contribution in [0.15, 0.2) is 18.2 Å². The predicted octanol–water partition coefficient (Wildman–Crippen LogP) is 5.06. The van der Waals surface area contributed by atoms with Gasteiger partial charge in [0.25, 0.3) is 0 Å². The molecule has 0 amide bonds. The van der Waals surface area contributed by atoms with Crippen LogP contribution in [0.3, 0.4) is 0 Å². The molecule has 1 aromatic heterocycles. The fourth-order valence-electron chi connectivity index (χ4n) is 3.37. The van der Waals surface area contributed by atoms with Crippen LogP contribution in [-0.4, -0.2) is 9.55 Å². The Morgan fingerprint density at radius 2 is 2.10 bits per heavy atom. The molecular formula is C16H20ClFN2. The van der Waals surface area contributed by atoms with Gasteiger partial charge in [-0.05, 0) is 37.3 Å². The second-order valence-corrected chi connectivity index (χ2v) is 6.95.